The summed E-state index contributed by atoms with van der Waals surface area (Å²) in [5, 5.41) is 3.32. The summed E-state index contributed by atoms with van der Waals surface area (Å²) < 4.78 is 10.9. The van der Waals surface area contributed by atoms with Gasteiger partial charge in [0.15, 0.2) is 0 Å². The van der Waals surface area contributed by atoms with Crippen LogP contribution < -0.4 is 4.74 Å². The number of ether oxygens (including phenoxy) is 2. The molecule has 0 amide bonds. The van der Waals surface area contributed by atoms with E-state index < -0.39 is 0 Å². The predicted octanol–water partition coefficient (Wildman–Crippen LogP) is 5.97. The molecule has 1 saturated heterocycles. The molecule has 1 N–H and O–H groups in total. The van der Waals surface area contributed by atoms with Crippen LogP contribution in [0.15, 0.2) is 66.2 Å². The number of rotatable bonds is 7. The van der Waals surface area contributed by atoms with Gasteiger partial charge in [0.25, 0.3) is 0 Å². The Morgan fingerprint density at radius 3 is 2.76 bits per heavy atom. The summed E-state index contributed by atoms with van der Waals surface area (Å²) in [6.07, 6.45) is 4.45. The number of nitrogens with one attached hydrogen (secondary N) is 1. The van der Waals surface area contributed by atoms with Crippen molar-refractivity contribution >= 4 is 28.2 Å². The Morgan fingerprint density at radius 1 is 1.12 bits per heavy atom. The zero-order valence-electron chi connectivity index (χ0n) is 18.8. The second-order valence-electron chi connectivity index (χ2n) is 8.53. The van der Waals surface area contributed by atoms with Gasteiger partial charge in [-0.05, 0) is 72.6 Å². The molecule has 5 nitrogen and oxygen atoms in total. The second kappa shape index (κ2) is 9.81. The van der Waals surface area contributed by atoms with Crippen LogP contribution in [0.1, 0.15) is 45.1 Å². The van der Waals surface area contributed by atoms with Crippen LogP contribution in [-0.2, 0) is 17.9 Å². The fourth-order valence-corrected chi connectivity index (χ4v) is 5.33. The molecule has 0 radical (unpaired) electrons. The van der Waals surface area contributed by atoms with E-state index in [9.17, 15) is 4.79 Å². The van der Waals surface area contributed by atoms with Gasteiger partial charge in [0.05, 0.1) is 7.11 Å². The number of hydrogen-bond donors (Lipinski definition) is 1. The van der Waals surface area contributed by atoms with Gasteiger partial charge in [-0.1, -0.05) is 30.3 Å². The molecule has 0 spiro atoms. The molecule has 33 heavy (non-hydrogen) atoms. The molecule has 2 aromatic carbocycles. The Kier molecular flexibility index (Phi) is 6.46. The third kappa shape index (κ3) is 4.82. The first-order valence-electron chi connectivity index (χ1n) is 11.4. The molecular formula is C27H28N2O3S. The van der Waals surface area contributed by atoms with Gasteiger partial charge in [-0.15, -0.1) is 11.3 Å². The lowest BCUT2D eigenvalue weighted by atomic mass is 9.89. The van der Waals surface area contributed by atoms with Gasteiger partial charge in [0.1, 0.15) is 17.9 Å². The highest BCUT2D eigenvalue weighted by atomic mass is 32.1. The molecule has 0 aliphatic carbocycles. The first-order chi connectivity index (χ1) is 16.2. The Morgan fingerprint density at radius 2 is 1.97 bits per heavy atom. The smallest absolute Gasteiger partial charge is 0.342 e. The zero-order valence-corrected chi connectivity index (χ0v) is 19.6. The van der Waals surface area contributed by atoms with E-state index in [1.165, 1.54) is 16.5 Å². The predicted molar refractivity (Wildman–Crippen MR) is 132 cm³/mol. The fourth-order valence-electron chi connectivity index (χ4n) is 4.71. The summed E-state index contributed by atoms with van der Waals surface area (Å²) >= 11 is 1.58. The lowest BCUT2D eigenvalue weighted by Gasteiger charge is -2.32. The average Bonchev–Trinajstić information content (AvgIpc) is 3.53. The molecule has 1 fully saturated rings. The van der Waals surface area contributed by atoms with Gasteiger partial charge in [-0.3, -0.25) is 4.90 Å². The summed E-state index contributed by atoms with van der Waals surface area (Å²) in [7, 11) is 1.58. The summed E-state index contributed by atoms with van der Waals surface area (Å²) in [4.78, 5) is 19.6. The number of hydrogen-bond acceptors (Lipinski definition) is 5. The highest BCUT2D eigenvalue weighted by molar-refractivity contribution is 7.09. The summed E-state index contributed by atoms with van der Waals surface area (Å²) in [6, 6.07) is 18.3. The fraction of sp³-hybridized carbons (Fsp3) is 0.296. The van der Waals surface area contributed by atoms with Crippen molar-refractivity contribution in [3.8, 4) is 5.75 Å². The van der Waals surface area contributed by atoms with Gasteiger partial charge >= 0.3 is 5.97 Å². The van der Waals surface area contributed by atoms with Crippen LogP contribution in [0.25, 0.3) is 10.9 Å². The van der Waals surface area contributed by atoms with Crippen LogP contribution >= 0.6 is 11.3 Å². The summed E-state index contributed by atoms with van der Waals surface area (Å²) in [5.74, 6) is 0.782. The number of thiophene rings is 1. The maximum absolute atomic E-state index is 12.7. The number of benzene rings is 2. The molecule has 5 rings (SSSR count). The number of likely N-dealkylation sites (tertiary alicyclic amines) is 1. The van der Waals surface area contributed by atoms with Crippen LogP contribution in [0.4, 0.5) is 0 Å². The molecule has 0 unspecified atom stereocenters. The standard InChI is InChI=1S/C27H28N2O3S/c1-31-26-9-8-19(15-23(26)27(30)32-18-21-5-4-14-33-21)17-29-12-10-20(11-13-29)24-16-28-25-7-3-2-6-22(24)25/h2-9,14-16,20,28H,10-13,17-18H2,1H3. The summed E-state index contributed by atoms with van der Waals surface area (Å²) in [6.45, 7) is 3.17. The first kappa shape index (κ1) is 21.7. The molecule has 170 valence electrons. The Bertz CT molecular complexity index is 1220. The molecule has 2 aromatic heterocycles. The number of piperidine rings is 1. The highest BCUT2D eigenvalue weighted by Gasteiger charge is 2.23. The zero-order chi connectivity index (χ0) is 22.6. The molecule has 0 atom stereocenters. The number of fused-ring (bicyclic) bond motifs is 1. The number of esters is 1. The number of para-hydroxylation sites is 1. The van der Waals surface area contributed by atoms with Crippen molar-refractivity contribution < 1.29 is 14.3 Å². The van der Waals surface area contributed by atoms with Gasteiger partial charge in [0.2, 0.25) is 0 Å². The monoisotopic (exact) mass is 460 g/mol. The Labute approximate surface area is 198 Å². The van der Waals surface area contributed by atoms with Gasteiger partial charge < -0.3 is 14.5 Å². The van der Waals surface area contributed by atoms with Crippen LogP contribution in [0.3, 0.4) is 0 Å². The number of carbonyl (C=O) groups is 1. The largest absolute Gasteiger partial charge is 0.496 e. The SMILES string of the molecule is COc1ccc(CN2CCC(c3c[nH]c4ccccc34)CC2)cc1C(=O)OCc1cccs1. The lowest BCUT2D eigenvalue weighted by Crippen LogP contribution is -2.32. The number of H-pyrrole nitrogens is 1. The minimum Gasteiger partial charge on any atom is -0.496 e. The quantitative estimate of drug-likeness (QED) is 0.345. The summed E-state index contributed by atoms with van der Waals surface area (Å²) in [5.41, 5.74) is 4.24. The number of carbonyl (C=O) groups excluding carboxylic acids is 1. The third-order valence-corrected chi connectivity index (χ3v) is 7.31. The maximum atomic E-state index is 12.7. The van der Waals surface area contributed by atoms with Crippen molar-refractivity contribution in [2.45, 2.75) is 31.9 Å². The van der Waals surface area contributed by atoms with E-state index in [2.05, 4.69) is 40.3 Å². The molecule has 6 heteroatoms. The molecule has 1 aliphatic heterocycles. The van der Waals surface area contributed by atoms with Gasteiger partial charge in [0, 0.05) is 28.5 Å². The van der Waals surface area contributed by atoms with E-state index in [-0.39, 0.29) is 12.6 Å². The van der Waals surface area contributed by atoms with Crippen molar-refractivity contribution in [3.05, 3.63) is 87.7 Å². The van der Waals surface area contributed by atoms with Gasteiger partial charge in [-0.2, -0.15) is 0 Å². The van der Waals surface area contributed by atoms with E-state index in [4.69, 9.17) is 9.47 Å². The minimum absolute atomic E-state index is 0.283. The lowest BCUT2D eigenvalue weighted by molar-refractivity contribution is 0.0473. The van der Waals surface area contributed by atoms with Crippen LogP contribution in [0, 0.1) is 0 Å². The number of aromatic amines is 1. The highest BCUT2D eigenvalue weighted by Crippen LogP contribution is 2.33. The maximum Gasteiger partial charge on any atom is 0.342 e. The topological polar surface area (TPSA) is 54.6 Å². The van der Waals surface area contributed by atoms with Crippen molar-refractivity contribution in [2.24, 2.45) is 0 Å². The van der Waals surface area contributed by atoms with Crippen molar-refractivity contribution in [1.29, 1.82) is 0 Å². The van der Waals surface area contributed by atoms with Crippen LogP contribution in [0.5, 0.6) is 5.75 Å². The second-order valence-corrected chi connectivity index (χ2v) is 9.56. The normalized spacial score (nSPS) is 15.1. The molecule has 1 aliphatic rings. The van der Waals surface area contributed by atoms with Gasteiger partial charge in [-0.25, -0.2) is 4.79 Å². The van der Waals surface area contributed by atoms with Crippen molar-refractivity contribution in [1.82, 2.24) is 9.88 Å². The van der Waals surface area contributed by atoms with Crippen LogP contribution in [0.2, 0.25) is 0 Å². The Balaban J connectivity index is 1.22. The molecule has 3 heterocycles. The average molecular weight is 461 g/mol. The molecule has 0 bridgehead atoms. The van der Waals surface area contributed by atoms with E-state index >= 15 is 0 Å². The van der Waals surface area contributed by atoms with E-state index in [0.29, 0.717) is 17.2 Å². The molecular weight excluding hydrogens is 432 g/mol. The minimum atomic E-state index is -0.347. The van der Waals surface area contributed by atoms with E-state index in [1.807, 2.05) is 35.7 Å². The number of nitrogens with zero attached hydrogens (tertiary/aromatic N) is 1. The molecule has 0 saturated carbocycles. The van der Waals surface area contributed by atoms with Crippen LogP contribution in [-0.4, -0.2) is 36.1 Å². The Hall–Kier alpha value is -3.09. The first-order valence-corrected chi connectivity index (χ1v) is 12.2. The number of methoxy groups -OCH3 is 1. The molecule has 4 aromatic rings. The third-order valence-electron chi connectivity index (χ3n) is 6.46. The van der Waals surface area contributed by atoms with E-state index in [1.54, 1.807) is 18.4 Å². The van der Waals surface area contributed by atoms with Crippen molar-refractivity contribution in [2.75, 3.05) is 20.2 Å². The van der Waals surface area contributed by atoms with Crippen molar-refractivity contribution in [3.63, 3.8) is 0 Å². The van der Waals surface area contributed by atoms with E-state index in [0.717, 1.165) is 42.9 Å². The number of aromatic nitrogens is 1.